The molecule has 0 aliphatic heterocycles. The molecule has 138 valence electrons. The number of aromatic amines is 1. The molecule has 6 heteroatoms. The first-order valence-corrected chi connectivity index (χ1v) is 9.72. The van der Waals surface area contributed by atoms with Gasteiger partial charge in [-0.2, -0.15) is 0 Å². The lowest BCUT2D eigenvalue weighted by molar-refractivity contribution is 0.415. The second-order valence-corrected chi connectivity index (χ2v) is 7.83. The summed E-state index contributed by atoms with van der Waals surface area (Å²) in [6, 6.07) is 7.67. The molecular weight excluding hydrogens is 346 g/mol. The molecule has 1 atom stereocenters. The van der Waals surface area contributed by atoms with Gasteiger partial charge in [0, 0.05) is 10.6 Å². The lowest BCUT2D eigenvalue weighted by Gasteiger charge is -2.09. The van der Waals surface area contributed by atoms with Crippen molar-refractivity contribution in [2.24, 2.45) is 5.92 Å². The number of hydrogen-bond acceptors (Lipinski definition) is 5. The van der Waals surface area contributed by atoms with Crippen molar-refractivity contribution in [3.63, 3.8) is 0 Å². The smallest absolute Gasteiger partial charge is 0.259 e. The maximum Gasteiger partial charge on any atom is 0.259 e. The van der Waals surface area contributed by atoms with Crippen LogP contribution in [-0.2, 0) is 13.0 Å². The van der Waals surface area contributed by atoms with Gasteiger partial charge in [0.15, 0.2) is 0 Å². The van der Waals surface area contributed by atoms with E-state index in [0.717, 1.165) is 40.1 Å². The Balaban J connectivity index is 1.83. The van der Waals surface area contributed by atoms with Crippen LogP contribution in [0.25, 0.3) is 10.2 Å². The molecule has 0 unspecified atom stereocenters. The fourth-order valence-corrected chi connectivity index (χ4v) is 4.01. The molecule has 2 heterocycles. The van der Waals surface area contributed by atoms with E-state index in [2.05, 4.69) is 36.1 Å². The molecule has 0 amide bonds. The molecule has 2 N–H and O–H groups in total. The largest absolute Gasteiger partial charge is 0.497 e. The zero-order valence-electron chi connectivity index (χ0n) is 15.7. The quantitative estimate of drug-likeness (QED) is 0.641. The summed E-state index contributed by atoms with van der Waals surface area (Å²) >= 11 is 1.61. The van der Waals surface area contributed by atoms with E-state index in [0.29, 0.717) is 18.3 Å². The van der Waals surface area contributed by atoms with Crippen LogP contribution >= 0.6 is 11.3 Å². The second-order valence-electron chi connectivity index (χ2n) is 6.63. The number of benzene rings is 1. The molecule has 0 spiro atoms. The first-order valence-electron chi connectivity index (χ1n) is 8.90. The third-order valence-corrected chi connectivity index (χ3v) is 5.75. The fourth-order valence-electron chi connectivity index (χ4n) is 2.94. The number of H-pyrrole nitrogens is 1. The molecule has 0 aliphatic carbocycles. The van der Waals surface area contributed by atoms with Crippen LogP contribution in [0.3, 0.4) is 0 Å². The average molecular weight is 372 g/mol. The molecular formula is C20H25N3O2S. The van der Waals surface area contributed by atoms with Crippen LogP contribution in [0, 0.1) is 12.8 Å². The predicted molar refractivity (Wildman–Crippen MR) is 108 cm³/mol. The third kappa shape index (κ3) is 3.90. The molecule has 26 heavy (non-hydrogen) atoms. The summed E-state index contributed by atoms with van der Waals surface area (Å²) in [5, 5.41) is 4.05. The Morgan fingerprint density at radius 2 is 2.04 bits per heavy atom. The standard InChI is InChI=1S/C20H25N3O2S/c1-5-12(2)10-16-13(3)26-20-18(16)19(24)22-17(23-20)11-21-14-6-8-15(25-4)9-7-14/h6-9,12,21H,5,10-11H2,1-4H3,(H,22,23,24)/t12-/m1/s1. The minimum Gasteiger partial charge on any atom is -0.497 e. The maximum absolute atomic E-state index is 12.7. The van der Waals surface area contributed by atoms with Crippen LogP contribution in [0.1, 0.15) is 36.5 Å². The fraction of sp³-hybridized carbons (Fsp3) is 0.400. The number of aryl methyl sites for hydroxylation is 1. The van der Waals surface area contributed by atoms with Gasteiger partial charge in [0.1, 0.15) is 16.4 Å². The number of aromatic nitrogens is 2. The van der Waals surface area contributed by atoms with Crippen molar-refractivity contribution < 1.29 is 4.74 Å². The highest BCUT2D eigenvalue weighted by atomic mass is 32.1. The Kier molecular flexibility index (Phi) is 5.61. The number of rotatable bonds is 7. The summed E-state index contributed by atoms with van der Waals surface area (Å²) < 4.78 is 5.16. The first-order chi connectivity index (χ1) is 12.5. The van der Waals surface area contributed by atoms with Gasteiger partial charge in [-0.15, -0.1) is 11.3 Å². The number of anilines is 1. The van der Waals surface area contributed by atoms with E-state index in [1.165, 1.54) is 4.88 Å². The zero-order valence-corrected chi connectivity index (χ0v) is 16.5. The highest BCUT2D eigenvalue weighted by Crippen LogP contribution is 2.29. The summed E-state index contributed by atoms with van der Waals surface area (Å²) in [5.74, 6) is 2.02. The molecule has 0 bridgehead atoms. The van der Waals surface area contributed by atoms with Gasteiger partial charge >= 0.3 is 0 Å². The van der Waals surface area contributed by atoms with E-state index in [-0.39, 0.29) is 5.56 Å². The molecule has 0 fully saturated rings. The zero-order chi connectivity index (χ0) is 18.7. The van der Waals surface area contributed by atoms with Crippen molar-refractivity contribution in [1.82, 2.24) is 9.97 Å². The van der Waals surface area contributed by atoms with Crippen molar-refractivity contribution >= 4 is 27.2 Å². The van der Waals surface area contributed by atoms with E-state index in [4.69, 9.17) is 4.74 Å². The second kappa shape index (κ2) is 7.91. The van der Waals surface area contributed by atoms with E-state index < -0.39 is 0 Å². The van der Waals surface area contributed by atoms with Gasteiger partial charge in [-0.05, 0) is 49.1 Å². The molecule has 2 aromatic heterocycles. The number of thiophene rings is 1. The van der Waals surface area contributed by atoms with Gasteiger partial charge in [-0.25, -0.2) is 4.98 Å². The van der Waals surface area contributed by atoms with Crippen LogP contribution in [0.5, 0.6) is 5.75 Å². The average Bonchev–Trinajstić information content (AvgIpc) is 2.96. The minimum atomic E-state index is -0.0378. The Labute approximate surface area is 157 Å². The first kappa shape index (κ1) is 18.5. The minimum absolute atomic E-state index is 0.0378. The molecule has 3 rings (SSSR count). The molecule has 0 saturated carbocycles. The summed E-state index contributed by atoms with van der Waals surface area (Å²) in [7, 11) is 1.64. The van der Waals surface area contributed by atoms with Crippen LogP contribution in [0.15, 0.2) is 29.1 Å². The van der Waals surface area contributed by atoms with Gasteiger partial charge in [0.2, 0.25) is 0 Å². The van der Waals surface area contributed by atoms with Gasteiger partial charge in [0.05, 0.1) is 19.0 Å². The van der Waals surface area contributed by atoms with Gasteiger partial charge in [-0.1, -0.05) is 20.3 Å². The van der Waals surface area contributed by atoms with Crippen LogP contribution < -0.4 is 15.6 Å². The monoisotopic (exact) mass is 371 g/mol. The van der Waals surface area contributed by atoms with Crippen LogP contribution in [0.2, 0.25) is 0 Å². The van der Waals surface area contributed by atoms with Crippen molar-refractivity contribution in [3.05, 3.63) is 50.9 Å². The van der Waals surface area contributed by atoms with Crippen LogP contribution in [0.4, 0.5) is 5.69 Å². The molecule has 5 nitrogen and oxygen atoms in total. The van der Waals surface area contributed by atoms with Gasteiger partial charge < -0.3 is 15.0 Å². The lowest BCUT2D eigenvalue weighted by atomic mass is 9.98. The number of ether oxygens (including phenoxy) is 1. The number of nitrogens with zero attached hydrogens (tertiary/aromatic N) is 1. The van der Waals surface area contributed by atoms with Crippen LogP contribution in [-0.4, -0.2) is 17.1 Å². The highest BCUT2D eigenvalue weighted by Gasteiger charge is 2.16. The van der Waals surface area contributed by atoms with Crippen molar-refractivity contribution in [1.29, 1.82) is 0 Å². The lowest BCUT2D eigenvalue weighted by Crippen LogP contribution is -2.15. The van der Waals surface area contributed by atoms with E-state index >= 15 is 0 Å². The number of hydrogen-bond donors (Lipinski definition) is 2. The molecule has 0 saturated heterocycles. The summed E-state index contributed by atoms with van der Waals surface area (Å²) in [4.78, 5) is 22.3. The molecule has 0 radical (unpaired) electrons. The summed E-state index contributed by atoms with van der Waals surface area (Å²) in [6.07, 6.45) is 2.03. The predicted octanol–water partition coefficient (Wildman–Crippen LogP) is 4.50. The SMILES string of the molecule is CC[C@@H](C)Cc1c(C)sc2nc(CNc3ccc(OC)cc3)[nH]c(=O)c12. The molecule has 1 aromatic carbocycles. The maximum atomic E-state index is 12.7. The number of nitrogens with one attached hydrogen (secondary N) is 2. The normalized spacial score (nSPS) is 12.3. The molecule has 3 aromatic rings. The third-order valence-electron chi connectivity index (χ3n) is 4.71. The Morgan fingerprint density at radius 3 is 2.69 bits per heavy atom. The van der Waals surface area contributed by atoms with E-state index in [9.17, 15) is 4.79 Å². The number of fused-ring (bicyclic) bond motifs is 1. The van der Waals surface area contributed by atoms with E-state index in [1.807, 2.05) is 24.3 Å². The topological polar surface area (TPSA) is 67.0 Å². The van der Waals surface area contributed by atoms with Crippen molar-refractivity contribution in [2.75, 3.05) is 12.4 Å². The van der Waals surface area contributed by atoms with Crippen molar-refractivity contribution in [2.45, 2.75) is 40.2 Å². The highest BCUT2D eigenvalue weighted by molar-refractivity contribution is 7.18. The Bertz CT molecular complexity index is 944. The summed E-state index contributed by atoms with van der Waals surface area (Å²) in [6.45, 7) is 6.95. The van der Waals surface area contributed by atoms with Crippen molar-refractivity contribution in [3.8, 4) is 5.75 Å². The Morgan fingerprint density at radius 1 is 1.31 bits per heavy atom. The molecule has 0 aliphatic rings. The van der Waals surface area contributed by atoms with Gasteiger partial charge in [-0.3, -0.25) is 4.79 Å². The number of methoxy groups -OCH3 is 1. The van der Waals surface area contributed by atoms with E-state index in [1.54, 1.807) is 18.4 Å². The summed E-state index contributed by atoms with van der Waals surface area (Å²) in [5.41, 5.74) is 2.07. The van der Waals surface area contributed by atoms with Gasteiger partial charge in [0.25, 0.3) is 5.56 Å². The Hall–Kier alpha value is -2.34.